The maximum Gasteiger partial charge on any atom is 0.259 e. The monoisotopic (exact) mass is 329 g/mol. The van der Waals surface area contributed by atoms with Crippen LogP contribution in [0.25, 0.3) is 4.96 Å². The highest BCUT2D eigenvalue weighted by molar-refractivity contribution is 7.15. The summed E-state index contributed by atoms with van der Waals surface area (Å²) >= 11 is 1.50. The molecule has 3 rings (SSSR count). The van der Waals surface area contributed by atoms with Crippen molar-refractivity contribution >= 4 is 16.3 Å². The van der Waals surface area contributed by atoms with Gasteiger partial charge in [-0.3, -0.25) is 14.1 Å². The highest BCUT2D eigenvalue weighted by atomic mass is 32.1. The minimum Gasteiger partial charge on any atom is -0.497 e. The molecule has 23 heavy (non-hydrogen) atoms. The van der Waals surface area contributed by atoms with Crippen molar-refractivity contribution in [1.82, 2.24) is 14.3 Å². The molecule has 0 radical (unpaired) electrons. The van der Waals surface area contributed by atoms with Gasteiger partial charge in [-0.2, -0.15) is 0 Å². The summed E-state index contributed by atoms with van der Waals surface area (Å²) in [5.41, 5.74) is 2.87. The summed E-state index contributed by atoms with van der Waals surface area (Å²) in [6.07, 6.45) is 0. The van der Waals surface area contributed by atoms with Crippen LogP contribution in [0.4, 0.5) is 0 Å². The lowest BCUT2D eigenvalue weighted by molar-refractivity contribution is 0.314. The summed E-state index contributed by atoms with van der Waals surface area (Å²) in [7, 11) is 3.68. The number of nitrogens with zero attached hydrogens (tertiary/aromatic N) is 3. The second-order valence-electron chi connectivity index (χ2n) is 5.60. The number of methoxy groups -OCH3 is 1. The molecule has 6 heteroatoms. The van der Waals surface area contributed by atoms with Gasteiger partial charge < -0.3 is 4.74 Å². The summed E-state index contributed by atoms with van der Waals surface area (Å²) in [5.74, 6) is 0.850. The van der Waals surface area contributed by atoms with Crippen molar-refractivity contribution in [3.05, 3.63) is 63.0 Å². The summed E-state index contributed by atoms with van der Waals surface area (Å²) < 4.78 is 6.90. The van der Waals surface area contributed by atoms with Gasteiger partial charge >= 0.3 is 0 Å². The van der Waals surface area contributed by atoms with E-state index in [1.54, 1.807) is 17.6 Å². The maximum atomic E-state index is 12.2. The van der Waals surface area contributed by atoms with Crippen LogP contribution in [0.1, 0.15) is 17.0 Å². The molecule has 5 nitrogen and oxygen atoms in total. The first-order valence-electron chi connectivity index (χ1n) is 7.35. The molecule has 0 fully saturated rings. The van der Waals surface area contributed by atoms with E-state index in [1.807, 2.05) is 37.6 Å². The molecule has 120 valence electrons. The minimum atomic E-state index is -0.0152. The molecule has 0 aliphatic carbocycles. The molecular weight excluding hydrogens is 310 g/mol. The normalized spacial score (nSPS) is 11.3. The van der Waals surface area contributed by atoms with Gasteiger partial charge in [0, 0.05) is 30.2 Å². The fraction of sp³-hybridized carbons (Fsp3) is 0.294. The van der Waals surface area contributed by atoms with E-state index in [1.165, 1.54) is 11.3 Å². The van der Waals surface area contributed by atoms with E-state index in [2.05, 4.69) is 16.0 Å². The van der Waals surface area contributed by atoms with Crippen molar-refractivity contribution in [2.45, 2.75) is 20.0 Å². The summed E-state index contributed by atoms with van der Waals surface area (Å²) in [6.45, 7) is 3.31. The van der Waals surface area contributed by atoms with Gasteiger partial charge in [0.2, 0.25) is 0 Å². The number of aryl methyl sites for hydroxylation is 1. The zero-order valence-corrected chi connectivity index (χ0v) is 14.3. The van der Waals surface area contributed by atoms with Crippen LogP contribution in [-0.2, 0) is 13.1 Å². The SMILES string of the molecule is COc1cccc(CN(C)Cc2cc(=O)n3c(C)csc3n2)c1. The largest absolute Gasteiger partial charge is 0.497 e. The third-order valence-corrected chi connectivity index (χ3v) is 4.59. The van der Waals surface area contributed by atoms with Crippen molar-refractivity contribution in [2.24, 2.45) is 0 Å². The van der Waals surface area contributed by atoms with Crippen molar-refractivity contribution < 1.29 is 4.74 Å². The van der Waals surface area contributed by atoms with Crippen LogP contribution in [0, 0.1) is 6.92 Å². The predicted molar refractivity (Wildman–Crippen MR) is 92.2 cm³/mol. The number of rotatable bonds is 5. The van der Waals surface area contributed by atoms with E-state index in [9.17, 15) is 4.79 Å². The molecule has 3 aromatic rings. The van der Waals surface area contributed by atoms with Gasteiger partial charge in [0.1, 0.15) is 5.75 Å². The topological polar surface area (TPSA) is 46.8 Å². The van der Waals surface area contributed by atoms with E-state index in [0.717, 1.165) is 34.2 Å². The minimum absolute atomic E-state index is 0.0152. The van der Waals surface area contributed by atoms with Gasteiger partial charge in [-0.05, 0) is 31.7 Å². The number of benzene rings is 1. The molecule has 0 saturated carbocycles. The van der Waals surface area contributed by atoms with Gasteiger partial charge in [-0.25, -0.2) is 4.98 Å². The highest BCUT2D eigenvalue weighted by Gasteiger charge is 2.09. The van der Waals surface area contributed by atoms with E-state index < -0.39 is 0 Å². The molecule has 0 atom stereocenters. The lowest BCUT2D eigenvalue weighted by atomic mass is 10.2. The summed E-state index contributed by atoms with van der Waals surface area (Å²) in [5, 5.41) is 1.95. The number of aromatic nitrogens is 2. The van der Waals surface area contributed by atoms with Gasteiger partial charge in [0.25, 0.3) is 5.56 Å². The van der Waals surface area contributed by atoms with Crippen molar-refractivity contribution in [2.75, 3.05) is 14.2 Å². The number of thiazole rings is 1. The van der Waals surface area contributed by atoms with Crippen LogP contribution in [0.2, 0.25) is 0 Å². The van der Waals surface area contributed by atoms with Gasteiger partial charge in [-0.15, -0.1) is 11.3 Å². The van der Waals surface area contributed by atoms with Crippen LogP contribution in [-0.4, -0.2) is 28.4 Å². The molecule has 2 heterocycles. The predicted octanol–water partition coefficient (Wildman–Crippen LogP) is 2.71. The Labute approximate surface area is 138 Å². The zero-order valence-electron chi connectivity index (χ0n) is 13.4. The quantitative estimate of drug-likeness (QED) is 0.722. The lowest BCUT2D eigenvalue weighted by Crippen LogP contribution is -2.21. The van der Waals surface area contributed by atoms with Crippen LogP contribution in [0.3, 0.4) is 0 Å². The fourth-order valence-corrected chi connectivity index (χ4v) is 3.49. The molecule has 0 aliphatic rings. The summed E-state index contributed by atoms with van der Waals surface area (Å²) in [6, 6.07) is 9.61. The maximum absolute atomic E-state index is 12.2. The van der Waals surface area contributed by atoms with E-state index >= 15 is 0 Å². The average Bonchev–Trinajstić information content (AvgIpc) is 2.89. The standard InChI is InChI=1S/C17H19N3O2S/c1-12-11-23-17-18-14(8-16(21)20(12)17)10-19(2)9-13-5-4-6-15(7-13)22-3/h4-8,11H,9-10H2,1-3H3. The Morgan fingerprint density at radius 1 is 1.30 bits per heavy atom. The Bertz CT molecular complexity index is 885. The molecule has 0 bridgehead atoms. The van der Waals surface area contributed by atoms with Gasteiger partial charge in [0.15, 0.2) is 4.96 Å². The molecule has 0 amide bonds. The number of ether oxygens (including phenoxy) is 1. The van der Waals surface area contributed by atoms with E-state index in [4.69, 9.17) is 4.74 Å². The third kappa shape index (κ3) is 3.43. The smallest absolute Gasteiger partial charge is 0.259 e. The Morgan fingerprint density at radius 3 is 2.91 bits per heavy atom. The molecule has 2 aromatic heterocycles. The van der Waals surface area contributed by atoms with Crippen LogP contribution in [0.5, 0.6) is 5.75 Å². The zero-order chi connectivity index (χ0) is 16.4. The fourth-order valence-electron chi connectivity index (χ4n) is 2.60. The Balaban J connectivity index is 1.77. The number of hydrogen-bond acceptors (Lipinski definition) is 5. The van der Waals surface area contributed by atoms with Crippen LogP contribution in [0.15, 0.2) is 40.5 Å². The van der Waals surface area contributed by atoms with Crippen molar-refractivity contribution in [1.29, 1.82) is 0 Å². The number of fused-ring (bicyclic) bond motifs is 1. The molecule has 0 aliphatic heterocycles. The average molecular weight is 329 g/mol. The lowest BCUT2D eigenvalue weighted by Gasteiger charge is -2.16. The first-order valence-corrected chi connectivity index (χ1v) is 8.23. The molecule has 1 aromatic carbocycles. The van der Waals surface area contributed by atoms with E-state index in [0.29, 0.717) is 6.54 Å². The Kier molecular flexibility index (Phi) is 4.45. The highest BCUT2D eigenvalue weighted by Crippen LogP contribution is 2.15. The molecule has 0 N–H and O–H groups in total. The first kappa shape index (κ1) is 15.7. The second kappa shape index (κ2) is 6.52. The third-order valence-electron chi connectivity index (χ3n) is 3.65. The summed E-state index contributed by atoms with van der Waals surface area (Å²) in [4.78, 5) is 19.7. The van der Waals surface area contributed by atoms with Crippen molar-refractivity contribution in [3.63, 3.8) is 0 Å². The van der Waals surface area contributed by atoms with Gasteiger partial charge in [0.05, 0.1) is 12.8 Å². The first-order chi connectivity index (χ1) is 11.1. The van der Waals surface area contributed by atoms with Crippen LogP contribution >= 0.6 is 11.3 Å². The van der Waals surface area contributed by atoms with Crippen molar-refractivity contribution in [3.8, 4) is 5.75 Å². The molecule has 0 saturated heterocycles. The Morgan fingerprint density at radius 2 is 2.13 bits per heavy atom. The molecular formula is C17H19N3O2S. The van der Waals surface area contributed by atoms with E-state index in [-0.39, 0.29) is 5.56 Å². The molecule has 0 spiro atoms. The van der Waals surface area contributed by atoms with Crippen LogP contribution < -0.4 is 10.3 Å². The van der Waals surface area contributed by atoms with Gasteiger partial charge in [-0.1, -0.05) is 12.1 Å². The second-order valence-corrected chi connectivity index (χ2v) is 6.44. The number of hydrogen-bond donors (Lipinski definition) is 0. The Hall–Kier alpha value is -2.18. The molecule has 0 unspecified atom stereocenters.